The van der Waals surface area contributed by atoms with Crippen LogP contribution in [0.1, 0.15) is 60.3 Å². The van der Waals surface area contributed by atoms with Gasteiger partial charge >= 0.3 is 0 Å². The second-order valence-corrected chi connectivity index (χ2v) is 16.1. The van der Waals surface area contributed by atoms with Crippen LogP contribution in [0.25, 0.3) is 0 Å². The molecule has 0 fully saturated rings. The van der Waals surface area contributed by atoms with Crippen molar-refractivity contribution < 1.29 is 14.0 Å². The minimum Gasteiger partial charge on any atom is -0.439 e. The number of pyridine rings is 1. The molecule has 0 N–H and O–H groups in total. The molecule has 35 heavy (non-hydrogen) atoms. The van der Waals surface area contributed by atoms with Gasteiger partial charge in [0.15, 0.2) is 14.1 Å². The molecule has 7 heteroatoms. The number of carbonyl (C=O) groups excluding carboxylic acids is 1. The topological polar surface area (TPSA) is 48.4 Å². The predicted octanol–water partition coefficient (Wildman–Crippen LogP) is 8.62. The first-order chi connectivity index (χ1) is 16.4. The average molecular weight is 529 g/mol. The maximum atomic E-state index is 12.7. The molecule has 4 nitrogen and oxygen atoms in total. The fraction of sp³-hybridized carbons (Fsp3) is 0.357. The molecule has 0 aliphatic heterocycles. The molecule has 2 aromatic carbocycles. The summed E-state index contributed by atoms with van der Waals surface area (Å²) in [4.78, 5) is 17.1. The van der Waals surface area contributed by atoms with E-state index < -0.39 is 8.32 Å². The zero-order valence-electron chi connectivity index (χ0n) is 20.8. The number of hydrogen-bond donors (Lipinski definition) is 0. The van der Waals surface area contributed by atoms with E-state index in [4.69, 9.17) is 32.4 Å². The Kier molecular flexibility index (Phi) is 7.44. The molecular formula is C28H31Cl2NO3Si. The van der Waals surface area contributed by atoms with Gasteiger partial charge in [-0.15, -0.1) is 0 Å². The standard InChI is InChI=1S/C28H31Cl2NO3Si/c1-28(2,3)35(4,5)34-26-13-11-21-20(26)7-6-8-25(21)33-27-14-10-19(17-31-27)24(32)16-18-9-12-22(29)23(30)15-18/h6-10,12,14-15,17,26H,11,13,16H2,1-5H3. The van der Waals surface area contributed by atoms with Gasteiger partial charge in [-0.2, -0.15) is 0 Å². The summed E-state index contributed by atoms with van der Waals surface area (Å²) in [6, 6.07) is 14.8. The average Bonchev–Trinajstić information content (AvgIpc) is 3.19. The molecule has 1 aromatic heterocycles. The van der Waals surface area contributed by atoms with Crippen LogP contribution in [0.4, 0.5) is 0 Å². The third-order valence-electron chi connectivity index (χ3n) is 7.04. The number of hydrogen-bond acceptors (Lipinski definition) is 4. The number of halogens is 2. The van der Waals surface area contributed by atoms with E-state index in [1.807, 2.05) is 12.1 Å². The number of Topliss-reactive ketones (excluding diaryl/α,β-unsaturated/α-hetero) is 1. The lowest BCUT2D eigenvalue weighted by molar-refractivity contribution is 0.0992. The lowest BCUT2D eigenvalue weighted by atomic mass is 10.0. The Morgan fingerprint density at radius 3 is 2.51 bits per heavy atom. The van der Waals surface area contributed by atoms with Crippen molar-refractivity contribution in [2.24, 2.45) is 0 Å². The molecule has 0 saturated heterocycles. The van der Waals surface area contributed by atoms with E-state index in [1.165, 1.54) is 11.1 Å². The van der Waals surface area contributed by atoms with Crippen molar-refractivity contribution in [3.63, 3.8) is 0 Å². The first kappa shape index (κ1) is 25.9. The Bertz CT molecular complexity index is 1240. The van der Waals surface area contributed by atoms with Crippen LogP contribution in [0.5, 0.6) is 11.6 Å². The molecule has 3 aromatic rings. The highest BCUT2D eigenvalue weighted by Crippen LogP contribution is 2.45. The Labute approximate surface area is 218 Å². The third kappa shape index (κ3) is 5.80. The fourth-order valence-corrected chi connectivity index (χ4v) is 5.62. The summed E-state index contributed by atoms with van der Waals surface area (Å²) in [6.45, 7) is 11.4. The van der Waals surface area contributed by atoms with Crippen LogP contribution < -0.4 is 4.74 Å². The number of rotatable bonds is 7. The molecule has 0 radical (unpaired) electrons. The summed E-state index contributed by atoms with van der Waals surface area (Å²) in [7, 11) is -1.88. The van der Waals surface area contributed by atoms with Gasteiger partial charge in [0.2, 0.25) is 5.88 Å². The molecular weight excluding hydrogens is 497 g/mol. The van der Waals surface area contributed by atoms with Gasteiger partial charge in [0.25, 0.3) is 0 Å². The SMILES string of the molecule is CC(C)(C)[Si](C)(C)OC1CCc2c(Oc3ccc(C(=O)Cc4ccc(Cl)c(Cl)c4)cn3)cccc21. The van der Waals surface area contributed by atoms with Crippen LogP contribution >= 0.6 is 23.2 Å². The van der Waals surface area contributed by atoms with Crippen molar-refractivity contribution in [2.45, 2.75) is 64.3 Å². The van der Waals surface area contributed by atoms with Gasteiger partial charge in [0.1, 0.15) is 5.75 Å². The molecule has 184 valence electrons. The van der Waals surface area contributed by atoms with Crippen molar-refractivity contribution in [1.82, 2.24) is 4.98 Å². The molecule has 1 unspecified atom stereocenters. The fourth-order valence-electron chi connectivity index (χ4n) is 3.99. The number of nitrogens with zero attached hydrogens (tertiary/aromatic N) is 1. The highest BCUT2D eigenvalue weighted by molar-refractivity contribution is 6.74. The third-order valence-corrected chi connectivity index (χ3v) is 12.3. The number of ether oxygens (including phenoxy) is 1. The van der Waals surface area contributed by atoms with Gasteiger partial charge in [0.05, 0.1) is 16.1 Å². The summed E-state index contributed by atoms with van der Waals surface area (Å²) in [5.41, 5.74) is 3.71. The van der Waals surface area contributed by atoms with Gasteiger partial charge in [-0.3, -0.25) is 4.79 Å². The van der Waals surface area contributed by atoms with Crippen LogP contribution in [-0.4, -0.2) is 19.1 Å². The molecule has 4 rings (SSSR count). The highest BCUT2D eigenvalue weighted by Gasteiger charge is 2.41. The second-order valence-electron chi connectivity index (χ2n) is 10.6. The summed E-state index contributed by atoms with van der Waals surface area (Å²) >= 11 is 12.0. The Morgan fingerprint density at radius 2 is 1.86 bits per heavy atom. The minimum atomic E-state index is -1.88. The zero-order valence-corrected chi connectivity index (χ0v) is 23.3. The quantitative estimate of drug-likeness (QED) is 0.228. The molecule has 1 aliphatic rings. The van der Waals surface area contributed by atoms with Gasteiger partial charge < -0.3 is 9.16 Å². The number of ketones is 1. The Morgan fingerprint density at radius 1 is 1.09 bits per heavy atom. The molecule has 1 heterocycles. The molecule has 1 atom stereocenters. The first-order valence-electron chi connectivity index (χ1n) is 11.9. The summed E-state index contributed by atoms with van der Waals surface area (Å²) in [5, 5.41) is 1.06. The lowest BCUT2D eigenvalue weighted by Gasteiger charge is -2.38. The van der Waals surface area contributed by atoms with Crippen molar-refractivity contribution in [3.8, 4) is 11.6 Å². The van der Waals surface area contributed by atoms with Crippen LogP contribution in [0.15, 0.2) is 54.7 Å². The summed E-state index contributed by atoms with van der Waals surface area (Å²) < 4.78 is 12.9. The lowest BCUT2D eigenvalue weighted by Crippen LogP contribution is -2.41. The maximum absolute atomic E-state index is 12.7. The van der Waals surface area contributed by atoms with Crippen LogP contribution in [0.2, 0.25) is 28.2 Å². The van der Waals surface area contributed by atoms with E-state index >= 15 is 0 Å². The summed E-state index contributed by atoms with van der Waals surface area (Å²) in [6.07, 6.45) is 3.74. The van der Waals surface area contributed by atoms with E-state index in [9.17, 15) is 4.79 Å². The van der Waals surface area contributed by atoms with Gasteiger partial charge in [0, 0.05) is 29.8 Å². The highest BCUT2D eigenvalue weighted by atomic mass is 35.5. The molecule has 0 amide bonds. The van der Waals surface area contributed by atoms with Crippen LogP contribution in [-0.2, 0) is 17.3 Å². The van der Waals surface area contributed by atoms with Crippen molar-refractivity contribution >= 4 is 37.3 Å². The van der Waals surface area contributed by atoms with Gasteiger partial charge in [-0.25, -0.2) is 4.98 Å². The van der Waals surface area contributed by atoms with E-state index in [2.05, 4.69) is 44.9 Å². The largest absolute Gasteiger partial charge is 0.439 e. The molecule has 0 bridgehead atoms. The van der Waals surface area contributed by atoms with E-state index in [0.29, 0.717) is 21.5 Å². The molecule has 0 spiro atoms. The number of fused-ring (bicyclic) bond motifs is 1. The summed E-state index contributed by atoms with van der Waals surface area (Å²) in [5.74, 6) is 1.21. The van der Waals surface area contributed by atoms with Crippen molar-refractivity contribution in [3.05, 3.63) is 87.0 Å². The minimum absolute atomic E-state index is 0.0475. The number of carbonyl (C=O) groups is 1. The van der Waals surface area contributed by atoms with E-state index in [-0.39, 0.29) is 23.3 Å². The smallest absolute Gasteiger partial charge is 0.219 e. The normalized spacial score (nSPS) is 15.7. The van der Waals surface area contributed by atoms with Crippen molar-refractivity contribution in [1.29, 1.82) is 0 Å². The Balaban J connectivity index is 1.45. The van der Waals surface area contributed by atoms with Gasteiger partial charge in [-0.1, -0.05) is 62.2 Å². The number of benzene rings is 2. The van der Waals surface area contributed by atoms with E-state index in [0.717, 1.165) is 24.2 Å². The van der Waals surface area contributed by atoms with Crippen molar-refractivity contribution in [2.75, 3.05) is 0 Å². The van der Waals surface area contributed by atoms with Crippen LogP contribution in [0, 0.1) is 0 Å². The number of aromatic nitrogens is 1. The Hall–Kier alpha value is -2.18. The molecule has 0 saturated carbocycles. The zero-order chi connectivity index (χ0) is 25.4. The second kappa shape index (κ2) is 10.1. The maximum Gasteiger partial charge on any atom is 0.219 e. The monoisotopic (exact) mass is 527 g/mol. The predicted molar refractivity (Wildman–Crippen MR) is 145 cm³/mol. The first-order valence-corrected chi connectivity index (χ1v) is 15.5. The van der Waals surface area contributed by atoms with Gasteiger partial charge in [-0.05, 0) is 66.4 Å². The molecule has 1 aliphatic carbocycles. The van der Waals surface area contributed by atoms with E-state index in [1.54, 1.807) is 36.5 Å². The van der Waals surface area contributed by atoms with Crippen LogP contribution in [0.3, 0.4) is 0 Å².